The van der Waals surface area contributed by atoms with E-state index in [0.29, 0.717) is 15.1 Å². The van der Waals surface area contributed by atoms with Crippen LogP contribution < -0.4 is 5.32 Å². The molecule has 1 rings (SSSR count). The van der Waals surface area contributed by atoms with Gasteiger partial charge >= 0.3 is 0 Å². The van der Waals surface area contributed by atoms with Crippen LogP contribution in [0.5, 0.6) is 0 Å². The molecule has 92 valence electrons. The predicted octanol–water partition coefficient (Wildman–Crippen LogP) is 5.30. The molecule has 0 saturated carbocycles. The van der Waals surface area contributed by atoms with Crippen LogP contribution in [0, 0.1) is 0 Å². The Morgan fingerprint density at radius 1 is 1.41 bits per heavy atom. The van der Waals surface area contributed by atoms with Crippen LogP contribution in [0.1, 0.15) is 25.5 Å². The first-order valence-electron chi connectivity index (χ1n) is 5.16. The summed E-state index contributed by atoms with van der Waals surface area (Å²) in [4.78, 5) is 0. The van der Waals surface area contributed by atoms with Crippen molar-refractivity contribution in [2.75, 3.05) is 0 Å². The molecular formula is C13H14Cl3N. The number of rotatable bonds is 4. The average molecular weight is 291 g/mol. The van der Waals surface area contributed by atoms with E-state index in [1.807, 2.05) is 26.0 Å². The van der Waals surface area contributed by atoms with Crippen molar-refractivity contribution in [2.45, 2.75) is 19.9 Å². The minimum Gasteiger partial charge on any atom is -0.381 e. The number of hydrogen-bond acceptors (Lipinski definition) is 1. The molecule has 0 aliphatic rings. The van der Waals surface area contributed by atoms with Gasteiger partial charge in [-0.05, 0) is 37.6 Å². The number of halogens is 3. The van der Waals surface area contributed by atoms with E-state index >= 15 is 0 Å². The van der Waals surface area contributed by atoms with Gasteiger partial charge in [0.15, 0.2) is 0 Å². The van der Waals surface area contributed by atoms with Gasteiger partial charge in [-0.15, -0.1) is 0 Å². The minimum absolute atomic E-state index is 0.0495. The van der Waals surface area contributed by atoms with E-state index in [0.717, 1.165) is 11.3 Å². The average Bonchev–Trinajstić information content (AvgIpc) is 2.27. The third kappa shape index (κ3) is 3.95. The van der Waals surface area contributed by atoms with E-state index in [4.69, 9.17) is 34.8 Å². The molecule has 0 aromatic heterocycles. The Labute approximate surface area is 117 Å². The normalized spacial score (nSPS) is 13.9. The smallest absolute Gasteiger partial charge is 0.0586 e. The molecule has 0 fully saturated rings. The van der Waals surface area contributed by atoms with E-state index in [1.165, 1.54) is 0 Å². The van der Waals surface area contributed by atoms with Crippen LogP contribution in [-0.4, -0.2) is 0 Å². The fraction of sp³-hybridized carbons (Fsp3) is 0.231. The number of nitrogens with one attached hydrogen (secondary N) is 1. The van der Waals surface area contributed by atoms with Gasteiger partial charge in [0.05, 0.1) is 5.03 Å². The van der Waals surface area contributed by atoms with Crippen LogP contribution >= 0.6 is 34.8 Å². The second-order valence-corrected chi connectivity index (χ2v) is 4.96. The van der Waals surface area contributed by atoms with Gasteiger partial charge in [-0.2, -0.15) is 0 Å². The summed E-state index contributed by atoms with van der Waals surface area (Å²) >= 11 is 17.9. The van der Waals surface area contributed by atoms with Crippen molar-refractivity contribution in [2.24, 2.45) is 0 Å². The van der Waals surface area contributed by atoms with Gasteiger partial charge < -0.3 is 5.32 Å². The fourth-order valence-electron chi connectivity index (χ4n) is 1.48. The Balaban J connectivity index is 2.90. The largest absolute Gasteiger partial charge is 0.381 e. The van der Waals surface area contributed by atoms with Gasteiger partial charge in [-0.1, -0.05) is 47.4 Å². The van der Waals surface area contributed by atoms with Crippen LogP contribution in [0.3, 0.4) is 0 Å². The molecule has 0 aliphatic carbocycles. The lowest BCUT2D eigenvalue weighted by Crippen LogP contribution is -2.17. The molecule has 0 aliphatic heterocycles. The van der Waals surface area contributed by atoms with E-state index in [-0.39, 0.29) is 6.04 Å². The maximum atomic E-state index is 6.13. The first kappa shape index (κ1) is 14.4. The third-order valence-corrected chi connectivity index (χ3v) is 3.40. The molecule has 17 heavy (non-hydrogen) atoms. The monoisotopic (exact) mass is 289 g/mol. The molecule has 1 aromatic carbocycles. The zero-order valence-electron chi connectivity index (χ0n) is 9.73. The minimum atomic E-state index is 0.0495. The Kier molecular flexibility index (Phi) is 5.38. The molecule has 0 bridgehead atoms. The van der Waals surface area contributed by atoms with E-state index in [1.54, 1.807) is 12.1 Å². The highest BCUT2D eigenvalue weighted by Gasteiger charge is 2.10. The number of benzene rings is 1. The van der Waals surface area contributed by atoms with Crippen molar-refractivity contribution >= 4 is 34.8 Å². The molecule has 1 atom stereocenters. The molecule has 1 N–H and O–H groups in total. The maximum Gasteiger partial charge on any atom is 0.0586 e. The van der Waals surface area contributed by atoms with Gasteiger partial charge in [-0.3, -0.25) is 0 Å². The summed E-state index contributed by atoms with van der Waals surface area (Å²) in [5.41, 5.74) is 1.84. The van der Waals surface area contributed by atoms with Gasteiger partial charge in [0.1, 0.15) is 0 Å². The van der Waals surface area contributed by atoms with Crippen molar-refractivity contribution in [3.05, 3.63) is 57.2 Å². The molecule has 1 aromatic rings. The second kappa shape index (κ2) is 6.34. The molecular weight excluding hydrogens is 277 g/mol. The summed E-state index contributed by atoms with van der Waals surface area (Å²) in [6.45, 7) is 7.52. The van der Waals surface area contributed by atoms with Gasteiger partial charge in [0.25, 0.3) is 0 Å². The van der Waals surface area contributed by atoms with Crippen LogP contribution in [0.4, 0.5) is 0 Å². The van der Waals surface area contributed by atoms with E-state index in [2.05, 4.69) is 11.9 Å². The lowest BCUT2D eigenvalue weighted by Gasteiger charge is -2.18. The lowest BCUT2D eigenvalue weighted by atomic mass is 10.1. The molecule has 0 amide bonds. The Morgan fingerprint density at radius 3 is 2.59 bits per heavy atom. The van der Waals surface area contributed by atoms with Crippen molar-refractivity contribution in [1.29, 1.82) is 0 Å². The lowest BCUT2D eigenvalue weighted by molar-refractivity contribution is 0.653. The first-order chi connectivity index (χ1) is 7.95. The van der Waals surface area contributed by atoms with Crippen LogP contribution in [0.2, 0.25) is 10.0 Å². The number of allylic oxidation sites excluding steroid dienone is 3. The SMILES string of the molecule is C=C/C(Cl)=C(\C)NC(C)c1ccc(Cl)cc1Cl. The summed E-state index contributed by atoms with van der Waals surface area (Å²) in [7, 11) is 0. The molecule has 4 heteroatoms. The topological polar surface area (TPSA) is 12.0 Å². The summed E-state index contributed by atoms with van der Waals surface area (Å²) in [5, 5.41) is 5.12. The molecule has 1 unspecified atom stereocenters. The van der Waals surface area contributed by atoms with Gasteiger partial charge in [0, 0.05) is 21.8 Å². The van der Waals surface area contributed by atoms with E-state index in [9.17, 15) is 0 Å². The van der Waals surface area contributed by atoms with Crippen LogP contribution in [0.25, 0.3) is 0 Å². The van der Waals surface area contributed by atoms with Crippen molar-refractivity contribution in [1.82, 2.24) is 5.32 Å². The molecule has 0 saturated heterocycles. The Hall–Kier alpha value is -0.630. The highest BCUT2D eigenvalue weighted by molar-refractivity contribution is 6.35. The van der Waals surface area contributed by atoms with Crippen LogP contribution in [-0.2, 0) is 0 Å². The van der Waals surface area contributed by atoms with Crippen molar-refractivity contribution in [3.8, 4) is 0 Å². The third-order valence-electron chi connectivity index (χ3n) is 2.40. The predicted molar refractivity (Wildman–Crippen MR) is 76.8 cm³/mol. The zero-order chi connectivity index (χ0) is 13.0. The summed E-state index contributed by atoms with van der Waals surface area (Å²) in [5.74, 6) is 0. The number of hydrogen-bond donors (Lipinski definition) is 1. The van der Waals surface area contributed by atoms with Gasteiger partial charge in [-0.25, -0.2) is 0 Å². The highest BCUT2D eigenvalue weighted by Crippen LogP contribution is 2.27. The molecule has 0 radical (unpaired) electrons. The van der Waals surface area contributed by atoms with Crippen molar-refractivity contribution < 1.29 is 0 Å². The second-order valence-electron chi connectivity index (χ2n) is 3.71. The zero-order valence-corrected chi connectivity index (χ0v) is 12.0. The fourth-order valence-corrected chi connectivity index (χ4v) is 2.10. The van der Waals surface area contributed by atoms with Crippen molar-refractivity contribution in [3.63, 3.8) is 0 Å². The molecule has 0 spiro atoms. The first-order valence-corrected chi connectivity index (χ1v) is 6.29. The molecule has 0 heterocycles. The van der Waals surface area contributed by atoms with Crippen LogP contribution in [0.15, 0.2) is 41.6 Å². The van der Waals surface area contributed by atoms with Gasteiger partial charge in [0.2, 0.25) is 0 Å². The Bertz CT molecular complexity index is 452. The summed E-state index contributed by atoms with van der Waals surface area (Å²) < 4.78 is 0. The maximum absolute atomic E-state index is 6.13. The summed E-state index contributed by atoms with van der Waals surface area (Å²) in [6.07, 6.45) is 1.60. The Morgan fingerprint density at radius 2 is 2.06 bits per heavy atom. The quantitative estimate of drug-likeness (QED) is 0.742. The standard InChI is InChI=1S/C13H14Cl3N/c1-4-12(15)9(3)17-8(2)11-6-5-10(14)7-13(11)16/h4-8,17H,1H2,2-3H3/b12-9-. The summed E-state index contributed by atoms with van der Waals surface area (Å²) in [6, 6.07) is 5.49. The molecule has 1 nitrogen and oxygen atoms in total. The van der Waals surface area contributed by atoms with E-state index < -0.39 is 0 Å². The highest BCUT2D eigenvalue weighted by atomic mass is 35.5.